The van der Waals surface area contributed by atoms with Crippen LogP contribution in [0.3, 0.4) is 0 Å². The van der Waals surface area contributed by atoms with Gasteiger partial charge in [-0.15, -0.1) is 0 Å². The Morgan fingerprint density at radius 3 is 2.68 bits per heavy atom. The third kappa shape index (κ3) is 3.82. The molecule has 3 rings (SSSR count). The van der Waals surface area contributed by atoms with Crippen molar-refractivity contribution in [3.63, 3.8) is 0 Å². The fourth-order valence-electron chi connectivity index (χ4n) is 2.41. The lowest BCUT2D eigenvalue weighted by Crippen LogP contribution is -2.15. The van der Waals surface area contributed by atoms with E-state index in [0.717, 1.165) is 0 Å². The second-order valence-corrected chi connectivity index (χ2v) is 5.33. The van der Waals surface area contributed by atoms with Gasteiger partial charge in [0.25, 0.3) is 0 Å². The lowest BCUT2D eigenvalue weighted by Gasteiger charge is -2.09. The minimum Gasteiger partial charge on any atom is -0.494 e. The van der Waals surface area contributed by atoms with Crippen molar-refractivity contribution in [3.05, 3.63) is 72.3 Å². The van der Waals surface area contributed by atoms with E-state index in [1.807, 2.05) is 0 Å². The molecule has 1 amide bonds. The fourth-order valence-corrected chi connectivity index (χ4v) is 2.41. The summed E-state index contributed by atoms with van der Waals surface area (Å²) in [6, 6.07) is 8.65. The van der Waals surface area contributed by atoms with E-state index >= 15 is 0 Å². The zero-order valence-corrected chi connectivity index (χ0v) is 13.4. The molecule has 25 heavy (non-hydrogen) atoms. The summed E-state index contributed by atoms with van der Waals surface area (Å²) >= 11 is 0. The van der Waals surface area contributed by atoms with E-state index in [1.54, 1.807) is 30.6 Å². The molecule has 1 heterocycles. The number of benzene rings is 2. The Bertz CT molecular complexity index is 895. The average molecular weight is 343 g/mol. The topological polar surface area (TPSA) is 56.1 Å². The summed E-state index contributed by atoms with van der Waals surface area (Å²) in [5.74, 6) is -1.30. The molecule has 1 N–H and O–H groups in total. The van der Waals surface area contributed by atoms with Crippen molar-refractivity contribution in [2.75, 3.05) is 12.4 Å². The first-order valence-corrected chi connectivity index (χ1v) is 7.47. The van der Waals surface area contributed by atoms with Crippen LogP contribution >= 0.6 is 0 Å². The highest BCUT2D eigenvalue weighted by Gasteiger charge is 2.10. The normalized spacial score (nSPS) is 10.5. The molecule has 0 atom stereocenters. The standard InChI is InChI=1S/C18H15F2N3O2/c1-25-17-5-2-12(8-15(17)20)9-18(24)22-13-3-4-16(14(19)10-13)23-7-6-21-11-23/h2-8,10-11H,9H2,1H3,(H,22,24). The molecule has 0 saturated carbocycles. The molecule has 0 aliphatic carbocycles. The maximum Gasteiger partial charge on any atom is 0.228 e. The Morgan fingerprint density at radius 1 is 1.20 bits per heavy atom. The second-order valence-electron chi connectivity index (χ2n) is 5.33. The van der Waals surface area contributed by atoms with E-state index in [2.05, 4.69) is 10.3 Å². The van der Waals surface area contributed by atoms with E-state index < -0.39 is 11.6 Å². The molecule has 0 bridgehead atoms. The number of halogens is 2. The van der Waals surface area contributed by atoms with Crippen LogP contribution in [0.25, 0.3) is 5.69 Å². The lowest BCUT2D eigenvalue weighted by molar-refractivity contribution is -0.115. The number of imidazole rings is 1. The van der Waals surface area contributed by atoms with Gasteiger partial charge in [0.05, 0.1) is 25.5 Å². The zero-order chi connectivity index (χ0) is 17.8. The van der Waals surface area contributed by atoms with Gasteiger partial charge in [-0.2, -0.15) is 0 Å². The molecule has 0 spiro atoms. The number of ether oxygens (including phenoxy) is 1. The highest BCUT2D eigenvalue weighted by Crippen LogP contribution is 2.20. The fraction of sp³-hybridized carbons (Fsp3) is 0.111. The number of rotatable bonds is 5. The van der Waals surface area contributed by atoms with E-state index in [9.17, 15) is 13.6 Å². The molecule has 0 fully saturated rings. The van der Waals surface area contributed by atoms with Crippen LogP contribution in [0.4, 0.5) is 14.5 Å². The maximum atomic E-state index is 14.2. The van der Waals surface area contributed by atoms with Crippen molar-refractivity contribution in [3.8, 4) is 11.4 Å². The SMILES string of the molecule is COc1ccc(CC(=O)Nc2ccc(-n3ccnc3)c(F)c2)cc1F. The number of anilines is 1. The van der Waals surface area contributed by atoms with Crippen molar-refractivity contribution in [1.82, 2.24) is 9.55 Å². The molecule has 128 valence electrons. The van der Waals surface area contributed by atoms with Crippen LogP contribution < -0.4 is 10.1 Å². The molecule has 5 nitrogen and oxygen atoms in total. The summed E-state index contributed by atoms with van der Waals surface area (Å²) in [4.78, 5) is 15.9. The number of methoxy groups -OCH3 is 1. The first-order chi connectivity index (χ1) is 12.1. The largest absolute Gasteiger partial charge is 0.494 e. The maximum absolute atomic E-state index is 14.2. The van der Waals surface area contributed by atoms with Crippen molar-refractivity contribution >= 4 is 11.6 Å². The van der Waals surface area contributed by atoms with Crippen LogP contribution in [0.2, 0.25) is 0 Å². The number of hydrogen-bond acceptors (Lipinski definition) is 3. The highest BCUT2D eigenvalue weighted by atomic mass is 19.1. The van der Waals surface area contributed by atoms with Crippen LogP contribution in [-0.4, -0.2) is 22.6 Å². The number of hydrogen-bond donors (Lipinski definition) is 1. The smallest absolute Gasteiger partial charge is 0.228 e. The van der Waals surface area contributed by atoms with Gasteiger partial charge in [0.1, 0.15) is 5.82 Å². The van der Waals surface area contributed by atoms with Gasteiger partial charge in [0.2, 0.25) is 5.91 Å². The summed E-state index contributed by atoms with van der Waals surface area (Å²) in [6.45, 7) is 0. The number of aromatic nitrogens is 2. The number of carbonyl (C=O) groups excluding carboxylic acids is 1. The molecule has 1 aromatic heterocycles. The van der Waals surface area contributed by atoms with Gasteiger partial charge < -0.3 is 14.6 Å². The van der Waals surface area contributed by atoms with Crippen molar-refractivity contribution in [2.45, 2.75) is 6.42 Å². The summed E-state index contributed by atoms with van der Waals surface area (Å²) in [5, 5.41) is 2.59. The summed E-state index contributed by atoms with van der Waals surface area (Å²) in [5.41, 5.74) is 1.14. The average Bonchev–Trinajstić information content (AvgIpc) is 3.09. The Balaban J connectivity index is 1.69. The van der Waals surface area contributed by atoms with Crippen molar-refractivity contribution in [1.29, 1.82) is 0 Å². The van der Waals surface area contributed by atoms with Gasteiger partial charge in [0, 0.05) is 18.1 Å². The monoisotopic (exact) mass is 343 g/mol. The van der Waals surface area contributed by atoms with Gasteiger partial charge in [-0.1, -0.05) is 6.07 Å². The van der Waals surface area contributed by atoms with Gasteiger partial charge in [-0.3, -0.25) is 4.79 Å². The molecule has 0 unspecified atom stereocenters. The van der Waals surface area contributed by atoms with Crippen molar-refractivity contribution < 1.29 is 18.3 Å². The molecular weight excluding hydrogens is 328 g/mol. The van der Waals surface area contributed by atoms with Crippen molar-refractivity contribution in [2.24, 2.45) is 0 Å². The van der Waals surface area contributed by atoms with Gasteiger partial charge in [-0.05, 0) is 35.9 Å². The minimum atomic E-state index is -0.538. The van der Waals surface area contributed by atoms with Crippen LogP contribution in [0.15, 0.2) is 55.1 Å². The molecule has 0 aliphatic heterocycles. The third-order valence-electron chi connectivity index (χ3n) is 3.59. The highest BCUT2D eigenvalue weighted by molar-refractivity contribution is 5.92. The Labute approximate surface area is 142 Å². The first kappa shape index (κ1) is 16.6. The number of nitrogens with one attached hydrogen (secondary N) is 1. The molecule has 2 aromatic carbocycles. The van der Waals surface area contributed by atoms with E-state index in [-0.39, 0.29) is 18.1 Å². The molecular formula is C18H15F2N3O2. The van der Waals surface area contributed by atoms with Crippen LogP contribution in [0.5, 0.6) is 5.75 Å². The summed E-state index contributed by atoms with van der Waals surface area (Å²) in [7, 11) is 1.37. The lowest BCUT2D eigenvalue weighted by atomic mass is 10.1. The first-order valence-electron chi connectivity index (χ1n) is 7.47. The predicted molar refractivity (Wildman–Crippen MR) is 88.8 cm³/mol. The number of carbonyl (C=O) groups is 1. The molecule has 7 heteroatoms. The van der Waals surface area contributed by atoms with Gasteiger partial charge in [-0.25, -0.2) is 13.8 Å². The number of nitrogens with zero attached hydrogens (tertiary/aromatic N) is 2. The van der Waals surface area contributed by atoms with Gasteiger partial charge in [0.15, 0.2) is 11.6 Å². The Morgan fingerprint density at radius 2 is 2.04 bits per heavy atom. The Hall–Kier alpha value is -3.22. The molecule has 0 saturated heterocycles. The molecule has 0 aliphatic rings. The van der Waals surface area contributed by atoms with Gasteiger partial charge >= 0.3 is 0 Å². The Kier molecular flexibility index (Phi) is 4.74. The van der Waals surface area contributed by atoms with E-state index in [1.165, 1.54) is 36.2 Å². The molecule has 3 aromatic rings. The summed E-state index contributed by atoms with van der Waals surface area (Å²) < 4.78 is 34.2. The summed E-state index contributed by atoms with van der Waals surface area (Å²) in [6.07, 6.45) is 4.61. The number of amides is 1. The zero-order valence-electron chi connectivity index (χ0n) is 13.4. The van der Waals surface area contributed by atoms with E-state index in [0.29, 0.717) is 16.9 Å². The second kappa shape index (κ2) is 7.12. The van der Waals surface area contributed by atoms with Crippen LogP contribution in [-0.2, 0) is 11.2 Å². The molecule has 0 radical (unpaired) electrons. The van der Waals surface area contributed by atoms with Crippen LogP contribution in [0, 0.1) is 11.6 Å². The van der Waals surface area contributed by atoms with Crippen LogP contribution in [0.1, 0.15) is 5.56 Å². The van der Waals surface area contributed by atoms with E-state index in [4.69, 9.17) is 4.74 Å². The quantitative estimate of drug-likeness (QED) is 0.773. The predicted octanol–water partition coefficient (Wildman–Crippen LogP) is 3.34. The third-order valence-corrected chi connectivity index (χ3v) is 3.59. The minimum absolute atomic E-state index is 0.0359.